The van der Waals surface area contributed by atoms with Crippen molar-refractivity contribution in [3.63, 3.8) is 0 Å². The Balaban J connectivity index is 2.86. The van der Waals surface area contributed by atoms with Crippen molar-refractivity contribution >= 4 is 0 Å². The van der Waals surface area contributed by atoms with E-state index < -0.39 is 0 Å². The molecule has 0 saturated carbocycles. The summed E-state index contributed by atoms with van der Waals surface area (Å²) in [5.74, 6) is -0.228. The average Bonchev–Trinajstić information content (AvgIpc) is 2.03. The Morgan fingerprint density at radius 1 is 1.55 bits per heavy atom. The van der Waals surface area contributed by atoms with Crippen molar-refractivity contribution in [2.45, 2.75) is 12.8 Å². The van der Waals surface area contributed by atoms with Gasteiger partial charge in [-0.05, 0) is 17.7 Å². The quantitative estimate of drug-likeness (QED) is 0.690. The van der Waals surface area contributed by atoms with Crippen LogP contribution >= 0.6 is 0 Å². The molecule has 60 valence electrons. The second-order valence-electron chi connectivity index (χ2n) is 2.64. The van der Waals surface area contributed by atoms with Crippen molar-refractivity contribution in [3.8, 4) is 0 Å². The third-order valence-corrected chi connectivity index (χ3v) is 1.69. The smallest absolute Gasteiger partial charge is 0.123 e. The van der Waals surface area contributed by atoms with Crippen LogP contribution in [0.2, 0.25) is 0 Å². The number of hydrogen-bond acceptors (Lipinski definition) is 1. The van der Waals surface area contributed by atoms with E-state index >= 15 is 0 Å². The van der Waals surface area contributed by atoms with Crippen LogP contribution < -0.4 is 0 Å². The molecule has 1 atom stereocenters. The van der Waals surface area contributed by atoms with Crippen molar-refractivity contribution in [2.24, 2.45) is 0 Å². The van der Waals surface area contributed by atoms with Crippen LogP contribution in [0.15, 0.2) is 24.3 Å². The number of hydrogen-bond donors (Lipinski definition) is 1. The van der Waals surface area contributed by atoms with E-state index in [0.29, 0.717) is 0 Å². The number of benzene rings is 1. The summed E-state index contributed by atoms with van der Waals surface area (Å²) >= 11 is 0. The van der Waals surface area contributed by atoms with Crippen LogP contribution in [0.1, 0.15) is 18.4 Å². The summed E-state index contributed by atoms with van der Waals surface area (Å²) in [6, 6.07) is 6.30. The van der Waals surface area contributed by atoms with Gasteiger partial charge in [-0.2, -0.15) is 0 Å². The maximum absolute atomic E-state index is 12.6. The first-order valence-corrected chi connectivity index (χ1v) is 3.60. The highest BCUT2D eigenvalue weighted by atomic mass is 19.1. The molecule has 1 nitrogen and oxygen atoms in total. The molecule has 0 aliphatic rings. The van der Waals surface area contributed by atoms with Crippen molar-refractivity contribution in [1.29, 1.82) is 0 Å². The van der Waals surface area contributed by atoms with Crippen LogP contribution in [0.3, 0.4) is 0 Å². The van der Waals surface area contributed by atoms with Crippen LogP contribution in [0.25, 0.3) is 0 Å². The Morgan fingerprint density at radius 2 is 2.27 bits per heavy atom. The molecule has 0 aliphatic carbocycles. The van der Waals surface area contributed by atoms with Gasteiger partial charge in [0.2, 0.25) is 0 Å². The molecule has 0 heterocycles. The molecule has 1 rings (SSSR count). The van der Waals surface area contributed by atoms with Crippen molar-refractivity contribution in [3.05, 3.63) is 35.6 Å². The average molecular weight is 154 g/mol. The lowest BCUT2D eigenvalue weighted by Gasteiger charge is -2.06. The molecule has 0 aromatic heterocycles. The molecule has 1 aromatic rings. The minimum Gasteiger partial charge on any atom is -0.396 e. The zero-order chi connectivity index (χ0) is 8.27. The predicted octanol–water partition coefficient (Wildman–Crippen LogP) is 1.92. The van der Waals surface area contributed by atoms with E-state index in [1.165, 1.54) is 12.1 Å². The van der Waals surface area contributed by atoms with Gasteiger partial charge in [-0.3, -0.25) is 0 Å². The lowest BCUT2D eigenvalue weighted by atomic mass is 10.0. The normalized spacial score (nSPS) is 13.0. The number of aliphatic hydroxyl groups is 1. The van der Waals surface area contributed by atoms with Gasteiger partial charge in [0.05, 0.1) is 0 Å². The van der Waals surface area contributed by atoms with Gasteiger partial charge in [0, 0.05) is 12.5 Å². The molecular weight excluding hydrogens is 143 g/mol. The maximum atomic E-state index is 12.6. The first-order chi connectivity index (χ1) is 5.24. The van der Waals surface area contributed by atoms with E-state index in [0.717, 1.165) is 5.56 Å². The summed E-state index contributed by atoms with van der Waals surface area (Å²) in [5.41, 5.74) is 0.840. The summed E-state index contributed by atoms with van der Waals surface area (Å²) in [4.78, 5) is 0. The molecule has 0 bridgehead atoms. The molecule has 11 heavy (non-hydrogen) atoms. The summed E-state index contributed by atoms with van der Waals surface area (Å²) < 4.78 is 12.6. The molecule has 2 heteroatoms. The first kappa shape index (κ1) is 8.21. The summed E-state index contributed by atoms with van der Waals surface area (Å²) in [6.07, 6.45) is 0. The molecule has 0 spiro atoms. The van der Waals surface area contributed by atoms with E-state index in [-0.39, 0.29) is 18.3 Å². The van der Waals surface area contributed by atoms with Crippen LogP contribution in [0, 0.1) is 5.82 Å². The van der Waals surface area contributed by atoms with Gasteiger partial charge in [0.15, 0.2) is 0 Å². The first-order valence-electron chi connectivity index (χ1n) is 3.60. The van der Waals surface area contributed by atoms with Gasteiger partial charge >= 0.3 is 0 Å². The fraction of sp³-hybridized carbons (Fsp3) is 0.333. The highest BCUT2D eigenvalue weighted by Gasteiger charge is 2.03. The predicted molar refractivity (Wildman–Crippen MR) is 41.9 cm³/mol. The van der Waals surface area contributed by atoms with Crippen molar-refractivity contribution in [2.75, 3.05) is 6.61 Å². The third kappa shape index (κ3) is 2.02. The Kier molecular flexibility index (Phi) is 2.60. The topological polar surface area (TPSA) is 20.2 Å². The largest absolute Gasteiger partial charge is 0.396 e. The summed E-state index contributed by atoms with van der Waals surface area (Å²) in [7, 11) is 0. The highest BCUT2D eigenvalue weighted by molar-refractivity contribution is 5.19. The highest BCUT2D eigenvalue weighted by Crippen LogP contribution is 2.14. The van der Waals surface area contributed by atoms with E-state index in [2.05, 4.69) is 0 Å². The Hall–Kier alpha value is -0.890. The van der Waals surface area contributed by atoms with Crippen LogP contribution in [0.5, 0.6) is 0 Å². The standard InChI is InChI=1S/C9H11FO/c1-7(6-11)8-3-2-4-9(10)5-8/h2-5,7,11H,6H2,1H3/t7-/m1/s1. The summed E-state index contributed by atoms with van der Waals surface area (Å²) in [6.45, 7) is 1.91. The van der Waals surface area contributed by atoms with Crippen molar-refractivity contribution < 1.29 is 9.50 Å². The zero-order valence-electron chi connectivity index (χ0n) is 6.42. The monoisotopic (exact) mass is 154 g/mol. The molecule has 0 saturated heterocycles. The van der Waals surface area contributed by atoms with E-state index in [9.17, 15) is 4.39 Å². The Labute approximate surface area is 65.5 Å². The molecular formula is C9H11FO. The van der Waals surface area contributed by atoms with Gasteiger partial charge in [-0.15, -0.1) is 0 Å². The van der Waals surface area contributed by atoms with Gasteiger partial charge in [-0.1, -0.05) is 19.1 Å². The van der Waals surface area contributed by atoms with Crippen LogP contribution in [-0.4, -0.2) is 11.7 Å². The van der Waals surface area contributed by atoms with Crippen LogP contribution in [0.4, 0.5) is 4.39 Å². The molecule has 0 radical (unpaired) electrons. The molecule has 0 fully saturated rings. The Bertz CT molecular complexity index is 235. The number of halogens is 1. The lowest BCUT2D eigenvalue weighted by Crippen LogP contribution is -1.98. The Morgan fingerprint density at radius 3 is 2.82 bits per heavy atom. The molecule has 1 aromatic carbocycles. The maximum Gasteiger partial charge on any atom is 0.123 e. The molecule has 0 aliphatic heterocycles. The minimum atomic E-state index is -0.247. The van der Waals surface area contributed by atoms with E-state index in [1.54, 1.807) is 6.07 Å². The van der Waals surface area contributed by atoms with Gasteiger partial charge in [-0.25, -0.2) is 4.39 Å². The minimum absolute atomic E-state index is 0.0192. The van der Waals surface area contributed by atoms with E-state index in [1.807, 2.05) is 13.0 Å². The van der Waals surface area contributed by atoms with Crippen LogP contribution in [-0.2, 0) is 0 Å². The third-order valence-electron chi connectivity index (χ3n) is 1.69. The molecule has 0 amide bonds. The molecule has 0 unspecified atom stereocenters. The van der Waals surface area contributed by atoms with Gasteiger partial charge in [0.25, 0.3) is 0 Å². The SMILES string of the molecule is C[C@H](CO)c1cccc(F)c1. The lowest BCUT2D eigenvalue weighted by molar-refractivity contribution is 0.273. The fourth-order valence-corrected chi connectivity index (χ4v) is 0.919. The number of rotatable bonds is 2. The second kappa shape index (κ2) is 3.49. The number of aliphatic hydroxyl groups excluding tert-OH is 1. The van der Waals surface area contributed by atoms with Gasteiger partial charge < -0.3 is 5.11 Å². The van der Waals surface area contributed by atoms with Crippen molar-refractivity contribution in [1.82, 2.24) is 0 Å². The van der Waals surface area contributed by atoms with Gasteiger partial charge in [0.1, 0.15) is 5.82 Å². The van der Waals surface area contributed by atoms with E-state index in [4.69, 9.17) is 5.11 Å². The fourth-order valence-electron chi connectivity index (χ4n) is 0.919. The summed E-state index contributed by atoms with van der Waals surface area (Å²) in [5, 5.41) is 8.76. The second-order valence-corrected chi connectivity index (χ2v) is 2.64. The molecule has 1 N–H and O–H groups in total. The zero-order valence-corrected chi connectivity index (χ0v) is 6.42.